The standard InChI is InChI=1S/C12H17NO2/c1-6-8(2)7-10-9(3)15-12(4,5)11(14)13-10/h6-7H,3H2,1-2,4-5H3,(H,13,14)/b8-6-,10-7+. The Balaban J connectivity index is 2.94. The lowest BCUT2D eigenvalue weighted by atomic mass is 10.1. The SMILES string of the molecule is C=C1OC(C)(C)C(=O)N/C1=C/C(C)=C\C. The van der Waals surface area contributed by atoms with Crippen molar-refractivity contribution in [3.63, 3.8) is 0 Å². The molecule has 1 N–H and O–H groups in total. The summed E-state index contributed by atoms with van der Waals surface area (Å²) in [6, 6.07) is 0. The molecular formula is C12H17NO2. The normalized spacial score (nSPS) is 23.7. The van der Waals surface area contributed by atoms with E-state index in [0.29, 0.717) is 11.5 Å². The van der Waals surface area contributed by atoms with Crippen LogP contribution in [0.25, 0.3) is 0 Å². The first kappa shape index (κ1) is 11.6. The molecule has 1 aliphatic rings. The maximum Gasteiger partial charge on any atom is 0.268 e. The molecule has 0 aromatic rings. The van der Waals surface area contributed by atoms with Crippen molar-refractivity contribution in [2.24, 2.45) is 0 Å². The average molecular weight is 207 g/mol. The highest BCUT2D eigenvalue weighted by atomic mass is 16.5. The number of hydrogen-bond acceptors (Lipinski definition) is 2. The van der Waals surface area contributed by atoms with Gasteiger partial charge in [0, 0.05) is 0 Å². The van der Waals surface area contributed by atoms with Crippen LogP contribution >= 0.6 is 0 Å². The van der Waals surface area contributed by atoms with Crippen LogP contribution in [-0.2, 0) is 9.53 Å². The lowest BCUT2D eigenvalue weighted by molar-refractivity contribution is -0.140. The van der Waals surface area contributed by atoms with E-state index in [1.165, 1.54) is 0 Å². The molecule has 0 spiro atoms. The summed E-state index contributed by atoms with van der Waals surface area (Å²) in [6.45, 7) is 11.1. The van der Waals surface area contributed by atoms with E-state index in [1.807, 2.05) is 26.0 Å². The molecule has 1 heterocycles. The van der Waals surface area contributed by atoms with Crippen molar-refractivity contribution >= 4 is 5.91 Å². The van der Waals surface area contributed by atoms with Gasteiger partial charge in [-0.25, -0.2) is 0 Å². The summed E-state index contributed by atoms with van der Waals surface area (Å²) in [7, 11) is 0. The van der Waals surface area contributed by atoms with Crippen molar-refractivity contribution in [1.82, 2.24) is 5.32 Å². The first-order valence-electron chi connectivity index (χ1n) is 4.91. The Bertz CT molecular complexity index is 362. The van der Waals surface area contributed by atoms with Gasteiger partial charge < -0.3 is 10.1 Å². The van der Waals surface area contributed by atoms with Gasteiger partial charge in [0.25, 0.3) is 5.91 Å². The lowest BCUT2D eigenvalue weighted by Crippen LogP contribution is -2.48. The zero-order valence-electron chi connectivity index (χ0n) is 9.68. The van der Waals surface area contributed by atoms with Crippen LogP contribution < -0.4 is 5.32 Å². The highest BCUT2D eigenvalue weighted by Crippen LogP contribution is 2.24. The fourth-order valence-corrected chi connectivity index (χ4v) is 1.18. The molecule has 3 nitrogen and oxygen atoms in total. The van der Waals surface area contributed by atoms with Crippen LogP contribution in [0.2, 0.25) is 0 Å². The molecule has 0 atom stereocenters. The van der Waals surface area contributed by atoms with Gasteiger partial charge in [0.15, 0.2) is 5.60 Å². The van der Waals surface area contributed by atoms with Crippen molar-refractivity contribution in [2.45, 2.75) is 33.3 Å². The maximum absolute atomic E-state index is 11.6. The first-order chi connectivity index (χ1) is 6.86. The first-order valence-corrected chi connectivity index (χ1v) is 4.91. The van der Waals surface area contributed by atoms with Crippen LogP contribution in [0.1, 0.15) is 27.7 Å². The number of amides is 1. The monoisotopic (exact) mass is 207 g/mol. The second kappa shape index (κ2) is 3.93. The third kappa shape index (κ3) is 2.49. The van der Waals surface area contributed by atoms with Gasteiger partial charge in [0.2, 0.25) is 0 Å². The third-order valence-corrected chi connectivity index (χ3v) is 2.30. The molecule has 0 bridgehead atoms. The Kier molecular flexibility index (Phi) is 3.03. The zero-order valence-corrected chi connectivity index (χ0v) is 9.68. The molecule has 15 heavy (non-hydrogen) atoms. The fraction of sp³-hybridized carbons (Fsp3) is 0.417. The van der Waals surface area contributed by atoms with Crippen LogP contribution in [-0.4, -0.2) is 11.5 Å². The van der Waals surface area contributed by atoms with Crippen LogP contribution in [0.5, 0.6) is 0 Å². The van der Waals surface area contributed by atoms with E-state index in [-0.39, 0.29) is 5.91 Å². The highest BCUT2D eigenvalue weighted by Gasteiger charge is 2.36. The van der Waals surface area contributed by atoms with E-state index in [9.17, 15) is 4.79 Å². The Labute approximate surface area is 90.5 Å². The molecule has 0 aromatic heterocycles. The van der Waals surface area contributed by atoms with Gasteiger partial charge in [-0.3, -0.25) is 4.79 Å². The molecule has 0 radical (unpaired) electrons. The van der Waals surface area contributed by atoms with Crippen molar-refractivity contribution < 1.29 is 9.53 Å². The van der Waals surface area contributed by atoms with Crippen molar-refractivity contribution in [1.29, 1.82) is 0 Å². The van der Waals surface area contributed by atoms with Crippen LogP contribution in [0.15, 0.2) is 35.8 Å². The quantitative estimate of drug-likeness (QED) is 0.716. The van der Waals surface area contributed by atoms with E-state index in [2.05, 4.69) is 11.9 Å². The summed E-state index contributed by atoms with van der Waals surface area (Å²) in [5, 5.41) is 2.78. The summed E-state index contributed by atoms with van der Waals surface area (Å²) in [4.78, 5) is 11.6. The largest absolute Gasteiger partial charge is 0.476 e. The number of rotatable bonds is 1. The molecule has 0 unspecified atom stereocenters. The Morgan fingerprint density at radius 1 is 1.53 bits per heavy atom. The molecular weight excluding hydrogens is 190 g/mol. The number of carbonyl (C=O) groups excluding carboxylic acids is 1. The molecule has 0 saturated carbocycles. The number of ether oxygens (including phenoxy) is 1. The molecule has 1 aliphatic heterocycles. The summed E-state index contributed by atoms with van der Waals surface area (Å²) in [6.07, 6.45) is 3.79. The minimum atomic E-state index is -0.835. The maximum atomic E-state index is 11.6. The average Bonchev–Trinajstić information content (AvgIpc) is 2.13. The number of nitrogens with one attached hydrogen (secondary N) is 1. The number of morpholine rings is 1. The number of allylic oxidation sites excluding steroid dienone is 3. The number of hydrogen-bond donors (Lipinski definition) is 1. The van der Waals surface area contributed by atoms with Crippen molar-refractivity contribution in [2.75, 3.05) is 0 Å². The summed E-state index contributed by atoms with van der Waals surface area (Å²) >= 11 is 0. The molecule has 0 aromatic carbocycles. The third-order valence-electron chi connectivity index (χ3n) is 2.30. The smallest absolute Gasteiger partial charge is 0.268 e. The Hall–Kier alpha value is -1.51. The van der Waals surface area contributed by atoms with Crippen LogP contribution in [0, 0.1) is 0 Å². The van der Waals surface area contributed by atoms with Gasteiger partial charge in [-0.05, 0) is 33.8 Å². The van der Waals surface area contributed by atoms with E-state index in [1.54, 1.807) is 13.8 Å². The zero-order chi connectivity index (χ0) is 11.6. The van der Waals surface area contributed by atoms with Gasteiger partial charge >= 0.3 is 0 Å². The van der Waals surface area contributed by atoms with Gasteiger partial charge in [-0.2, -0.15) is 0 Å². The highest BCUT2D eigenvalue weighted by molar-refractivity contribution is 5.88. The predicted octanol–water partition coefficient (Wildman–Crippen LogP) is 2.28. The van der Waals surface area contributed by atoms with E-state index >= 15 is 0 Å². The van der Waals surface area contributed by atoms with Gasteiger partial charge in [-0.1, -0.05) is 18.2 Å². The summed E-state index contributed by atoms with van der Waals surface area (Å²) in [5.74, 6) is 0.353. The molecule has 1 amide bonds. The second-order valence-electron chi connectivity index (χ2n) is 4.08. The minimum Gasteiger partial charge on any atom is -0.476 e. The van der Waals surface area contributed by atoms with Gasteiger partial charge in [0.1, 0.15) is 5.76 Å². The van der Waals surface area contributed by atoms with Crippen molar-refractivity contribution in [3.8, 4) is 0 Å². The number of carbonyl (C=O) groups is 1. The summed E-state index contributed by atoms with van der Waals surface area (Å²) < 4.78 is 5.44. The van der Waals surface area contributed by atoms with Crippen LogP contribution in [0.4, 0.5) is 0 Å². The minimum absolute atomic E-state index is 0.148. The molecule has 1 fully saturated rings. The van der Waals surface area contributed by atoms with Crippen LogP contribution in [0.3, 0.4) is 0 Å². The molecule has 3 heteroatoms. The summed E-state index contributed by atoms with van der Waals surface area (Å²) in [5.41, 5.74) is 0.850. The van der Waals surface area contributed by atoms with Gasteiger partial charge in [0.05, 0.1) is 5.70 Å². The topological polar surface area (TPSA) is 38.3 Å². The molecule has 82 valence electrons. The van der Waals surface area contributed by atoms with E-state index in [4.69, 9.17) is 4.74 Å². The van der Waals surface area contributed by atoms with E-state index < -0.39 is 5.60 Å². The van der Waals surface area contributed by atoms with E-state index in [0.717, 1.165) is 5.57 Å². The van der Waals surface area contributed by atoms with Crippen molar-refractivity contribution in [3.05, 3.63) is 35.8 Å². The lowest BCUT2D eigenvalue weighted by Gasteiger charge is -2.32. The van der Waals surface area contributed by atoms with Gasteiger partial charge in [-0.15, -0.1) is 0 Å². The second-order valence-corrected chi connectivity index (χ2v) is 4.08. The molecule has 1 rings (SSSR count). The Morgan fingerprint density at radius 3 is 2.67 bits per heavy atom. The fourth-order valence-electron chi connectivity index (χ4n) is 1.18. The predicted molar refractivity (Wildman–Crippen MR) is 60.0 cm³/mol. The Morgan fingerprint density at radius 2 is 2.13 bits per heavy atom. The molecule has 1 saturated heterocycles. The molecule has 0 aliphatic carbocycles.